The number of hydrogen-bond acceptors (Lipinski definition) is 22. The summed E-state index contributed by atoms with van der Waals surface area (Å²) in [6.07, 6.45) is 1.45. The van der Waals surface area contributed by atoms with Crippen molar-refractivity contribution in [3.63, 3.8) is 0 Å². The van der Waals surface area contributed by atoms with Gasteiger partial charge in [0.25, 0.3) is 0 Å². The lowest BCUT2D eigenvalue weighted by Gasteiger charge is -2.21. The second kappa shape index (κ2) is 46.4. The lowest BCUT2D eigenvalue weighted by atomic mass is 9.93. The number of carbonyl (C=O) groups is 8. The van der Waals surface area contributed by atoms with E-state index in [4.69, 9.17) is 43.0 Å². The zero-order valence-electron chi connectivity index (χ0n) is 66.7. The average molecular weight is 1580 g/mol. The van der Waals surface area contributed by atoms with Crippen LogP contribution < -0.4 is 18.9 Å². The molecule has 22 nitrogen and oxygen atoms in total. The summed E-state index contributed by atoms with van der Waals surface area (Å²) in [4.78, 5) is 93.9. The summed E-state index contributed by atoms with van der Waals surface area (Å²) in [5.74, 6) is -1.03. The quantitative estimate of drug-likeness (QED) is 0.0246. The fourth-order valence-corrected chi connectivity index (χ4v) is 11.3. The number of esters is 8. The van der Waals surface area contributed by atoms with Crippen LogP contribution in [0.2, 0.25) is 0 Å². The summed E-state index contributed by atoms with van der Waals surface area (Å²) >= 11 is 0. The molecule has 23 heteroatoms. The Morgan fingerprint density at radius 1 is 0.383 bits per heavy atom. The van der Waals surface area contributed by atoms with Crippen LogP contribution >= 0.6 is 0 Å². The Hall–Kier alpha value is -12.7. The zero-order chi connectivity index (χ0) is 82.7. The van der Waals surface area contributed by atoms with Crippen LogP contribution in [0.25, 0.3) is 5.57 Å². The first kappa shape index (κ1) is 94.7. The molecule has 0 bridgehead atoms. The molecular weight excluding hydrogens is 1470 g/mol. The highest BCUT2D eigenvalue weighted by Gasteiger charge is 2.68. The number of phenols is 2. The van der Waals surface area contributed by atoms with Gasteiger partial charge in [0, 0.05) is 9.84 Å². The maximum absolute atomic E-state index is 12.6. The molecule has 2 unspecified atom stereocenters. The van der Waals surface area contributed by atoms with E-state index in [1.807, 2.05) is 197 Å². The fraction of sp³-hybridized carbons (Fsp3) is 0.304. The minimum atomic E-state index is -1.05. The number of aromatic hydroxyl groups is 2. The van der Waals surface area contributed by atoms with Gasteiger partial charge in [-0.3, -0.25) is 33.6 Å². The van der Waals surface area contributed by atoms with Gasteiger partial charge < -0.3 is 67.1 Å². The van der Waals surface area contributed by atoms with Crippen LogP contribution in [0.5, 0.6) is 34.5 Å². The van der Waals surface area contributed by atoms with E-state index in [9.17, 15) is 43.5 Å². The van der Waals surface area contributed by atoms with E-state index in [1.165, 1.54) is 60.9 Å². The molecule has 2 saturated carbocycles. The molecule has 4 atom stereocenters. The molecule has 0 aliphatic heterocycles. The Morgan fingerprint density at radius 3 is 1.07 bits per heavy atom. The number of rotatable bonds is 24. The van der Waals surface area contributed by atoms with Crippen molar-refractivity contribution in [1.29, 1.82) is 0 Å². The van der Waals surface area contributed by atoms with Gasteiger partial charge in [-0.15, -0.1) is 0 Å². The van der Waals surface area contributed by atoms with E-state index >= 15 is 0 Å². The molecule has 0 heterocycles. The minimum absolute atomic E-state index is 0. The SMILES string of the molecule is C.C=C(C(=O)OC)c1cccc(OCc2ccccc2)c1.COC(=O)Cc1cccc(O)c1.COC(=O)Cc1cccc(OC)c1.COC(=O)Cc1cccc(OCc2ccccc2)c1.COC(=O)[C@@]1(c2cccc(O)c2)CC1C(=O)OC(C)(C)C.COC(=O)[C@@]1(c2cccc(OCc3ccccc3)c2)CC1C(=O)OC(C)(C)C.[2HH].[B]. The van der Waals surface area contributed by atoms with Gasteiger partial charge in [0.15, 0.2) is 0 Å². The van der Waals surface area contributed by atoms with E-state index in [0.717, 1.165) is 44.9 Å². The van der Waals surface area contributed by atoms with Gasteiger partial charge in [0.1, 0.15) is 76.3 Å². The van der Waals surface area contributed by atoms with Gasteiger partial charge in [-0.25, -0.2) is 4.79 Å². The van der Waals surface area contributed by atoms with Crippen molar-refractivity contribution in [2.24, 2.45) is 11.8 Å². The molecule has 0 spiro atoms. The van der Waals surface area contributed by atoms with Crippen LogP contribution in [0.3, 0.4) is 0 Å². The lowest BCUT2D eigenvalue weighted by molar-refractivity contribution is -0.160. The van der Waals surface area contributed by atoms with Crippen LogP contribution in [0.15, 0.2) is 243 Å². The maximum atomic E-state index is 12.6. The van der Waals surface area contributed by atoms with Crippen LogP contribution in [-0.2, 0) is 126 Å². The second-order valence-electron chi connectivity index (χ2n) is 27.8. The molecule has 0 saturated heterocycles. The Labute approximate surface area is 677 Å². The van der Waals surface area contributed by atoms with Crippen molar-refractivity contribution in [2.75, 3.05) is 49.8 Å². The largest absolute Gasteiger partial charge is 0.508 e. The summed E-state index contributed by atoms with van der Waals surface area (Å²) in [6, 6.07) is 72.0. The standard InChI is InChI=1S/C23H26O5.C17H16O3.C16H20O5.C16H16O3.C10H12O3.C9H10O3.CH4.B.H2/c1-22(2,3)28-20(24)19-14-23(19,21(25)26-4)17-11-8-12-18(13-17)27-15-16-9-6-5-7-10-16;1-13(17(18)19-2)15-9-6-10-16(11-15)20-12-14-7-4-3-5-8-14;1-15(2,3)21-13(18)12-9-16(12,14(19)20-4)10-6-5-7-11(17)8-10;1-18-16(17)11-14-8-5-9-15(10-14)19-12-13-6-3-2-4-7-13;1-12-9-5-3-4-8(6-9)7-10(11)13-2;1-12-9(11)6-7-3-2-4-8(10)5-7;;;/h5-13,19H,14-15H2,1-4H3;3-11H,1,12H2,2H3;5-8,12,17H,9H2,1-4H3;2-10H,11-12H2,1H3;3-6H,7H2,1-2H3;2-5,10H,6H2,1H3;1H4;;1H/t19?,23-;;12?,16-;;;;;;/m1.1....../s1/i;;;;;;;;1+1. The molecule has 0 aromatic heterocycles. The van der Waals surface area contributed by atoms with Crippen molar-refractivity contribution in [2.45, 2.75) is 123 Å². The number of hydrogen-bond donors (Lipinski definition) is 2. The monoisotopic (exact) mass is 1570 g/mol. The molecule has 3 radical (unpaired) electrons. The minimum Gasteiger partial charge on any atom is -0.508 e. The molecule has 9 aromatic rings. The third-order valence-corrected chi connectivity index (χ3v) is 17.1. The molecule has 11 rings (SSSR count). The highest BCUT2D eigenvalue weighted by atomic mass is 16.6. The Bertz CT molecular complexity index is 4620. The zero-order valence-corrected chi connectivity index (χ0v) is 66.7. The van der Waals surface area contributed by atoms with Gasteiger partial charge >= 0.3 is 47.8 Å². The molecular formula is C92H106BO22. The van der Waals surface area contributed by atoms with Gasteiger partial charge in [0.05, 0.1) is 86.4 Å². The molecule has 115 heavy (non-hydrogen) atoms. The van der Waals surface area contributed by atoms with Crippen molar-refractivity contribution in [3.05, 3.63) is 293 Å². The Balaban J connectivity index is 0.000000366. The second-order valence-corrected chi connectivity index (χ2v) is 27.8. The van der Waals surface area contributed by atoms with Crippen LogP contribution in [-0.4, -0.2) is 127 Å². The van der Waals surface area contributed by atoms with Gasteiger partial charge in [-0.05, 0) is 177 Å². The predicted octanol–water partition coefficient (Wildman–Crippen LogP) is 15.7. The van der Waals surface area contributed by atoms with E-state index < -0.39 is 57.7 Å². The molecule has 2 aliphatic rings. The predicted molar refractivity (Wildman–Crippen MR) is 439 cm³/mol. The summed E-state index contributed by atoms with van der Waals surface area (Å²) in [5, 5.41) is 18.6. The first-order chi connectivity index (χ1) is 53.9. The lowest BCUT2D eigenvalue weighted by Crippen LogP contribution is -2.31. The summed E-state index contributed by atoms with van der Waals surface area (Å²) in [6.45, 7) is 15.9. The molecule has 2 N–H and O–H groups in total. The van der Waals surface area contributed by atoms with Crippen molar-refractivity contribution in [1.82, 2.24) is 0 Å². The fourth-order valence-electron chi connectivity index (χ4n) is 11.3. The molecule has 9 aromatic carbocycles. The summed E-state index contributed by atoms with van der Waals surface area (Å²) in [7, 11) is 9.66. The van der Waals surface area contributed by atoms with Gasteiger partial charge in [-0.1, -0.05) is 178 Å². The van der Waals surface area contributed by atoms with E-state index in [2.05, 4.69) is 25.5 Å². The maximum Gasteiger partial charge on any atom is 0.337 e. The number of phenolic OH excluding ortho intramolecular Hbond substituents is 2. The summed E-state index contributed by atoms with van der Waals surface area (Å²) < 4.78 is 61.3. The smallest absolute Gasteiger partial charge is 0.337 e. The molecule has 609 valence electrons. The molecule has 2 fully saturated rings. The van der Waals surface area contributed by atoms with Crippen LogP contribution in [0.1, 0.15) is 113 Å². The normalized spacial score (nSPS) is 14.9. The number of benzene rings is 9. The van der Waals surface area contributed by atoms with Crippen LogP contribution in [0.4, 0.5) is 0 Å². The first-order valence-electron chi connectivity index (χ1n) is 36.0. The summed E-state index contributed by atoms with van der Waals surface area (Å²) in [5.41, 5.74) is 4.80. The molecule has 2 aliphatic carbocycles. The van der Waals surface area contributed by atoms with Gasteiger partial charge in [0.2, 0.25) is 0 Å². The highest BCUT2D eigenvalue weighted by molar-refractivity contribution is 6.15. The number of methoxy groups -OCH3 is 7. The van der Waals surface area contributed by atoms with Crippen molar-refractivity contribution < 1.29 is 107 Å². The third-order valence-electron chi connectivity index (χ3n) is 17.1. The van der Waals surface area contributed by atoms with E-state index in [-0.39, 0.29) is 71.9 Å². The Morgan fingerprint density at radius 2 is 0.704 bits per heavy atom. The topological polar surface area (TPSA) is 288 Å². The third kappa shape index (κ3) is 30.8. The van der Waals surface area contributed by atoms with Gasteiger partial charge in [-0.2, -0.15) is 0 Å². The first-order valence-corrected chi connectivity index (χ1v) is 36.0. The number of carbonyl (C=O) groups excluding carboxylic acids is 8. The number of ether oxygens (including phenoxy) is 12. The average Bonchev–Trinajstić information content (AvgIpc) is 1.56. The van der Waals surface area contributed by atoms with E-state index in [0.29, 0.717) is 66.4 Å². The van der Waals surface area contributed by atoms with Crippen molar-refractivity contribution >= 4 is 61.7 Å². The van der Waals surface area contributed by atoms with Crippen molar-refractivity contribution in [3.8, 4) is 34.5 Å². The van der Waals surface area contributed by atoms with Crippen LogP contribution in [0, 0.1) is 11.8 Å². The molecule has 0 amide bonds. The highest BCUT2D eigenvalue weighted by Crippen LogP contribution is 2.58. The Kier molecular flexibility index (Phi) is 38.2. The van der Waals surface area contributed by atoms with E-state index in [1.54, 1.807) is 70.3 Å².